The number of thiophene rings is 1. The zero-order valence-corrected chi connectivity index (χ0v) is 14.3. The average molecular weight is 348 g/mol. The minimum absolute atomic E-state index is 0.0821. The molecule has 1 fully saturated rings. The van der Waals surface area contributed by atoms with Crippen molar-refractivity contribution in [2.75, 3.05) is 19.6 Å². The highest BCUT2D eigenvalue weighted by Crippen LogP contribution is 2.25. The second kappa shape index (κ2) is 7.57. The summed E-state index contributed by atoms with van der Waals surface area (Å²) in [4.78, 5) is 30.2. The van der Waals surface area contributed by atoms with Gasteiger partial charge in [-0.15, -0.1) is 11.3 Å². The Bertz CT molecular complexity index is 690. The van der Waals surface area contributed by atoms with Crippen LogP contribution in [0, 0.1) is 0 Å². The first kappa shape index (κ1) is 16.6. The van der Waals surface area contributed by atoms with Crippen LogP contribution in [-0.2, 0) is 11.2 Å². The van der Waals surface area contributed by atoms with Gasteiger partial charge in [0, 0.05) is 38.9 Å². The molecule has 3 rings (SSSR count). The van der Waals surface area contributed by atoms with Crippen molar-refractivity contribution < 1.29 is 14.1 Å². The molecule has 8 heteroatoms. The molecule has 0 aliphatic carbocycles. The van der Waals surface area contributed by atoms with E-state index in [4.69, 9.17) is 4.52 Å². The molecule has 128 valence electrons. The third-order valence-corrected chi connectivity index (χ3v) is 5.03. The Morgan fingerprint density at radius 3 is 2.88 bits per heavy atom. The van der Waals surface area contributed by atoms with Crippen LogP contribution in [-0.4, -0.2) is 46.5 Å². The summed E-state index contributed by atoms with van der Waals surface area (Å²) in [7, 11) is 0. The van der Waals surface area contributed by atoms with Gasteiger partial charge in [0.1, 0.15) is 0 Å². The van der Waals surface area contributed by atoms with E-state index in [1.165, 1.54) is 11.3 Å². The first-order valence-electron chi connectivity index (χ1n) is 8.03. The summed E-state index contributed by atoms with van der Waals surface area (Å²) in [6.45, 7) is 3.53. The first-order chi connectivity index (χ1) is 11.6. The van der Waals surface area contributed by atoms with E-state index in [9.17, 15) is 9.59 Å². The number of aromatic nitrogens is 2. The van der Waals surface area contributed by atoms with Crippen molar-refractivity contribution in [3.8, 4) is 0 Å². The number of piperidine rings is 1. The van der Waals surface area contributed by atoms with Crippen LogP contribution in [0.3, 0.4) is 0 Å². The summed E-state index contributed by atoms with van der Waals surface area (Å²) in [5.74, 6) is 1.51. The second-order valence-corrected chi connectivity index (χ2v) is 6.76. The van der Waals surface area contributed by atoms with Gasteiger partial charge in [0.25, 0.3) is 5.91 Å². The first-order valence-corrected chi connectivity index (χ1v) is 8.91. The van der Waals surface area contributed by atoms with Gasteiger partial charge >= 0.3 is 0 Å². The number of rotatable bonds is 5. The molecule has 0 spiro atoms. The molecule has 2 aromatic rings. The number of hydrogen-bond acceptors (Lipinski definition) is 6. The Balaban J connectivity index is 1.46. The van der Waals surface area contributed by atoms with Crippen molar-refractivity contribution in [1.29, 1.82) is 0 Å². The maximum atomic E-state index is 11.8. The van der Waals surface area contributed by atoms with E-state index in [0.717, 1.165) is 25.9 Å². The van der Waals surface area contributed by atoms with Crippen LogP contribution in [0.1, 0.15) is 47.1 Å². The van der Waals surface area contributed by atoms with E-state index in [0.29, 0.717) is 29.6 Å². The number of likely N-dealkylation sites (tertiary alicyclic amines) is 1. The van der Waals surface area contributed by atoms with Crippen molar-refractivity contribution in [3.63, 3.8) is 0 Å². The van der Waals surface area contributed by atoms with Gasteiger partial charge in [-0.2, -0.15) is 4.98 Å². The lowest BCUT2D eigenvalue weighted by Gasteiger charge is -2.29. The molecule has 1 aliphatic rings. The molecule has 0 atom stereocenters. The SMILES string of the molecule is CC(=O)N1CCC(c2noc(CCNC(=O)c3cccs3)n2)CC1. The Labute approximate surface area is 144 Å². The van der Waals surface area contributed by atoms with Gasteiger partial charge in [-0.3, -0.25) is 9.59 Å². The maximum absolute atomic E-state index is 11.8. The lowest BCUT2D eigenvalue weighted by atomic mass is 9.96. The van der Waals surface area contributed by atoms with Crippen LogP contribution in [0.25, 0.3) is 0 Å². The van der Waals surface area contributed by atoms with Crippen molar-refractivity contribution in [2.45, 2.75) is 32.1 Å². The molecule has 24 heavy (non-hydrogen) atoms. The molecule has 1 N–H and O–H groups in total. The third-order valence-electron chi connectivity index (χ3n) is 4.16. The second-order valence-electron chi connectivity index (χ2n) is 5.81. The molecular weight excluding hydrogens is 328 g/mol. The van der Waals surface area contributed by atoms with Gasteiger partial charge in [-0.05, 0) is 24.3 Å². The van der Waals surface area contributed by atoms with Crippen LogP contribution in [0.5, 0.6) is 0 Å². The van der Waals surface area contributed by atoms with Crippen LogP contribution in [0.2, 0.25) is 0 Å². The Kier molecular flexibility index (Phi) is 5.24. The lowest BCUT2D eigenvalue weighted by molar-refractivity contribution is -0.129. The summed E-state index contributed by atoms with van der Waals surface area (Å²) in [5.41, 5.74) is 0. The molecule has 1 aliphatic heterocycles. The fourth-order valence-electron chi connectivity index (χ4n) is 2.77. The van der Waals surface area contributed by atoms with E-state index in [1.54, 1.807) is 13.0 Å². The van der Waals surface area contributed by atoms with Crippen molar-refractivity contribution in [3.05, 3.63) is 34.1 Å². The molecule has 7 nitrogen and oxygen atoms in total. The number of carbonyl (C=O) groups excluding carboxylic acids is 2. The maximum Gasteiger partial charge on any atom is 0.261 e. The highest BCUT2D eigenvalue weighted by atomic mass is 32.1. The minimum Gasteiger partial charge on any atom is -0.351 e. The molecule has 1 saturated heterocycles. The molecule has 0 bridgehead atoms. The van der Waals surface area contributed by atoms with Gasteiger partial charge < -0.3 is 14.7 Å². The summed E-state index contributed by atoms with van der Waals surface area (Å²) >= 11 is 1.41. The molecule has 2 amide bonds. The van der Waals surface area contributed by atoms with Gasteiger partial charge in [-0.1, -0.05) is 11.2 Å². The molecule has 0 unspecified atom stereocenters. The normalized spacial score (nSPS) is 15.5. The lowest BCUT2D eigenvalue weighted by Crippen LogP contribution is -2.36. The van der Waals surface area contributed by atoms with Crippen molar-refractivity contribution >= 4 is 23.2 Å². The molecule has 3 heterocycles. The smallest absolute Gasteiger partial charge is 0.261 e. The molecular formula is C16H20N4O3S. The minimum atomic E-state index is -0.0821. The summed E-state index contributed by atoms with van der Waals surface area (Å²) in [6, 6.07) is 3.64. The third kappa shape index (κ3) is 4.00. The largest absolute Gasteiger partial charge is 0.351 e. The van der Waals surface area contributed by atoms with E-state index >= 15 is 0 Å². The zero-order chi connectivity index (χ0) is 16.9. The van der Waals surface area contributed by atoms with Gasteiger partial charge in [-0.25, -0.2) is 0 Å². The van der Waals surface area contributed by atoms with E-state index < -0.39 is 0 Å². The summed E-state index contributed by atoms with van der Waals surface area (Å²) in [6.07, 6.45) is 2.22. The van der Waals surface area contributed by atoms with E-state index in [2.05, 4.69) is 15.5 Å². The quantitative estimate of drug-likeness (QED) is 0.890. The van der Waals surface area contributed by atoms with Crippen LogP contribution < -0.4 is 5.32 Å². The summed E-state index contributed by atoms with van der Waals surface area (Å²) in [5, 5.41) is 8.77. The molecule has 0 radical (unpaired) electrons. The van der Waals surface area contributed by atoms with Gasteiger partial charge in [0.05, 0.1) is 4.88 Å². The topological polar surface area (TPSA) is 88.3 Å². The Morgan fingerprint density at radius 1 is 1.42 bits per heavy atom. The van der Waals surface area contributed by atoms with Crippen molar-refractivity contribution in [2.24, 2.45) is 0 Å². The predicted octanol–water partition coefficient (Wildman–Crippen LogP) is 1.83. The van der Waals surface area contributed by atoms with Crippen LogP contribution in [0.15, 0.2) is 22.0 Å². The standard InChI is InChI=1S/C16H20N4O3S/c1-11(21)20-8-5-12(6-9-20)15-18-14(23-19-15)4-7-17-16(22)13-3-2-10-24-13/h2-3,10,12H,4-9H2,1H3,(H,17,22). The van der Waals surface area contributed by atoms with Crippen LogP contribution in [0.4, 0.5) is 0 Å². The number of nitrogens with one attached hydrogen (secondary N) is 1. The van der Waals surface area contributed by atoms with Gasteiger partial charge in [0.2, 0.25) is 11.8 Å². The number of hydrogen-bond donors (Lipinski definition) is 1. The number of nitrogens with zero attached hydrogens (tertiary/aromatic N) is 3. The summed E-state index contributed by atoms with van der Waals surface area (Å²) < 4.78 is 5.27. The van der Waals surface area contributed by atoms with Crippen LogP contribution >= 0.6 is 11.3 Å². The fourth-order valence-corrected chi connectivity index (χ4v) is 3.41. The molecule has 0 saturated carbocycles. The van der Waals surface area contributed by atoms with Crippen molar-refractivity contribution in [1.82, 2.24) is 20.4 Å². The Hall–Kier alpha value is -2.22. The fraction of sp³-hybridized carbons (Fsp3) is 0.500. The molecule has 2 aromatic heterocycles. The zero-order valence-electron chi connectivity index (χ0n) is 13.5. The highest BCUT2D eigenvalue weighted by molar-refractivity contribution is 7.12. The Morgan fingerprint density at radius 2 is 2.21 bits per heavy atom. The average Bonchev–Trinajstić information content (AvgIpc) is 3.27. The monoisotopic (exact) mass is 348 g/mol. The highest BCUT2D eigenvalue weighted by Gasteiger charge is 2.25. The number of amides is 2. The predicted molar refractivity (Wildman–Crippen MR) is 88.9 cm³/mol. The van der Waals surface area contributed by atoms with E-state index in [-0.39, 0.29) is 17.7 Å². The molecule has 0 aromatic carbocycles. The van der Waals surface area contributed by atoms with Gasteiger partial charge in [0.15, 0.2) is 5.82 Å². The number of carbonyl (C=O) groups is 2. The van der Waals surface area contributed by atoms with E-state index in [1.807, 2.05) is 16.3 Å².